The van der Waals surface area contributed by atoms with Crippen molar-refractivity contribution in [3.8, 4) is 5.75 Å². The molecule has 2 aromatic heterocycles. The van der Waals surface area contributed by atoms with Crippen LogP contribution in [-0.2, 0) is 4.79 Å². The first-order chi connectivity index (χ1) is 14.0. The normalized spacial score (nSPS) is 11.5. The van der Waals surface area contributed by atoms with E-state index in [1.807, 2.05) is 24.3 Å². The van der Waals surface area contributed by atoms with Crippen LogP contribution in [0.3, 0.4) is 0 Å². The topological polar surface area (TPSA) is 105 Å². The van der Waals surface area contributed by atoms with Crippen LogP contribution in [0.4, 0.5) is 0 Å². The van der Waals surface area contributed by atoms with Gasteiger partial charge in [0.1, 0.15) is 5.75 Å². The number of phenolic OH excluding ortho intramolecular Hbond substituents is 1. The SMILES string of the molecule is Cc1cc(=O)oc2c(C=NNC(=O)CSc3nc4ccccc4s3)c(O)ccc12. The average molecular weight is 425 g/mol. The average Bonchev–Trinajstić information content (AvgIpc) is 3.11. The molecular weight excluding hydrogens is 410 g/mol. The highest BCUT2D eigenvalue weighted by molar-refractivity contribution is 8.01. The largest absolute Gasteiger partial charge is 0.507 e. The Morgan fingerprint density at radius 1 is 1.34 bits per heavy atom. The highest BCUT2D eigenvalue weighted by Crippen LogP contribution is 2.29. The second-order valence-electron chi connectivity index (χ2n) is 6.15. The van der Waals surface area contributed by atoms with Crippen LogP contribution in [0.15, 0.2) is 61.1 Å². The van der Waals surface area contributed by atoms with Gasteiger partial charge in [-0.1, -0.05) is 23.9 Å². The zero-order valence-electron chi connectivity index (χ0n) is 15.2. The van der Waals surface area contributed by atoms with E-state index in [0.29, 0.717) is 5.39 Å². The van der Waals surface area contributed by atoms with Crippen LogP contribution >= 0.6 is 23.1 Å². The number of thiazole rings is 1. The number of hydrogen-bond donors (Lipinski definition) is 2. The lowest BCUT2D eigenvalue weighted by Gasteiger charge is -2.05. The molecule has 0 aliphatic rings. The number of hydrogen-bond acceptors (Lipinski definition) is 8. The fourth-order valence-corrected chi connectivity index (χ4v) is 4.62. The maximum Gasteiger partial charge on any atom is 0.336 e. The van der Waals surface area contributed by atoms with Gasteiger partial charge in [-0.2, -0.15) is 5.10 Å². The Balaban J connectivity index is 1.45. The first-order valence-electron chi connectivity index (χ1n) is 8.58. The predicted molar refractivity (Wildman–Crippen MR) is 115 cm³/mol. The lowest BCUT2D eigenvalue weighted by molar-refractivity contribution is -0.118. The predicted octanol–water partition coefficient (Wildman–Crippen LogP) is 3.66. The minimum Gasteiger partial charge on any atom is -0.507 e. The maximum atomic E-state index is 12.1. The van der Waals surface area contributed by atoms with Crippen LogP contribution in [-0.4, -0.2) is 28.0 Å². The van der Waals surface area contributed by atoms with Crippen LogP contribution < -0.4 is 11.1 Å². The zero-order valence-corrected chi connectivity index (χ0v) is 16.8. The molecular formula is C20H15N3O4S2. The van der Waals surface area contributed by atoms with Gasteiger partial charge in [0, 0.05) is 11.5 Å². The molecule has 146 valence electrons. The van der Waals surface area contributed by atoms with Crippen molar-refractivity contribution < 1.29 is 14.3 Å². The zero-order chi connectivity index (χ0) is 20.4. The van der Waals surface area contributed by atoms with Gasteiger partial charge >= 0.3 is 5.63 Å². The molecule has 4 rings (SSSR count). The van der Waals surface area contributed by atoms with Gasteiger partial charge in [-0.25, -0.2) is 15.2 Å². The number of nitrogens with one attached hydrogen (secondary N) is 1. The van der Waals surface area contributed by atoms with Gasteiger partial charge in [0.05, 0.1) is 27.7 Å². The maximum absolute atomic E-state index is 12.1. The van der Waals surface area contributed by atoms with Crippen molar-refractivity contribution in [2.24, 2.45) is 5.10 Å². The van der Waals surface area contributed by atoms with E-state index in [1.54, 1.807) is 13.0 Å². The number of aryl methyl sites for hydroxylation is 1. The smallest absolute Gasteiger partial charge is 0.336 e. The standard InChI is InChI=1S/C20H15N3O4S2/c1-11-8-18(26)27-19-12(11)6-7-15(24)13(19)9-21-23-17(25)10-28-20-22-14-4-2-3-5-16(14)29-20/h2-9,24H,10H2,1H3,(H,23,25). The Labute approximate surface area is 173 Å². The van der Waals surface area contributed by atoms with E-state index in [0.717, 1.165) is 20.1 Å². The molecule has 0 saturated carbocycles. The number of thioether (sulfide) groups is 1. The molecule has 0 radical (unpaired) electrons. The van der Waals surface area contributed by atoms with E-state index in [9.17, 15) is 14.7 Å². The Bertz CT molecular complexity index is 1280. The Kier molecular flexibility index (Phi) is 5.32. The van der Waals surface area contributed by atoms with Crippen LogP contribution in [0.5, 0.6) is 5.75 Å². The molecule has 7 nitrogen and oxygen atoms in total. The number of aromatic nitrogens is 1. The minimum atomic E-state index is -0.522. The van der Waals surface area contributed by atoms with Crippen molar-refractivity contribution in [1.82, 2.24) is 10.4 Å². The molecule has 0 aliphatic carbocycles. The molecule has 2 aromatic carbocycles. The van der Waals surface area contributed by atoms with E-state index < -0.39 is 5.63 Å². The highest BCUT2D eigenvalue weighted by Gasteiger charge is 2.11. The molecule has 0 atom stereocenters. The molecule has 4 aromatic rings. The van der Waals surface area contributed by atoms with Crippen molar-refractivity contribution in [1.29, 1.82) is 0 Å². The number of carbonyl (C=O) groups is 1. The molecule has 0 bridgehead atoms. The van der Waals surface area contributed by atoms with Gasteiger partial charge in [-0.15, -0.1) is 11.3 Å². The number of aromatic hydroxyl groups is 1. The summed E-state index contributed by atoms with van der Waals surface area (Å²) in [5.41, 5.74) is 3.96. The first kappa shape index (κ1) is 19.2. The van der Waals surface area contributed by atoms with E-state index in [4.69, 9.17) is 4.42 Å². The Hall–Kier alpha value is -3.17. The highest BCUT2D eigenvalue weighted by atomic mass is 32.2. The van der Waals surface area contributed by atoms with Gasteiger partial charge in [-0.05, 0) is 36.8 Å². The number of carbonyl (C=O) groups excluding carboxylic acids is 1. The third-order valence-corrected chi connectivity index (χ3v) is 6.30. The number of para-hydroxylation sites is 1. The van der Waals surface area contributed by atoms with Gasteiger partial charge < -0.3 is 9.52 Å². The minimum absolute atomic E-state index is 0.104. The molecule has 9 heteroatoms. The molecule has 0 unspecified atom stereocenters. The molecule has 1 amide bonds. The lowest BCUT2D eigenvalue weighted by atomic mass is 10.1. The quantitative estimate of drug-likeness (QED) is 0.219. The summed E-state index contributed by atoms with van der Waals surface area (Å²) >= 11 is 2.85. The number of fused-ring (bicyclic) bond motifs is 2. The van der Waals surface area contributed by atoms with Gasteiger partial charge in [0.25, 0.3) is 5.91 Å². The summed E-state index contributed by atoms with van der Waals surface area (Å²) in [4.78, 5) is 28.2. The summed E-state index contributed by atoms with van der Waals surface area (Å²) in [7, 11) is 0. The summed E-state index contributed by atoms with van der Waals surface area (Å²) < 4.78 is 7.08. The van der Waals surface area contributed by atoms with Gasteiger partial charge in [0.2, 0.25) is 0 Å². The molecule has 2 heterocycles. The lowest BCUT2D eigenvalue weighted by Crippen LogP contribution is -2.19. The van der Waals surface area contributed by atoms with E-state index in [-0.39, 0.29) is 28.6 Å². The third-order valence-electron chi connectivity index (χ3n) is 4.12. The number of rotatable bonds is 5. The summed E-state index contributed by atoms with van der Waals surface area (Å²) in [6.07, 6.45) is 1.26. The van der Waals surface area contributed by atoms with Crippen molar-refractivity contribution in [3.63, 3.8) is 0 Å². The number of phenols is 1. The van der Waals surface area contributed by atoms with E-state index >= 15 is 0 Å². The monoisotopic (exact) mass is 425 g/mol. The van der Waals surface area contributed by atoms with Crippen molar-refractivity contribution >= 4 is 56.4 Å². The summed E-state index contributed by atoms with van der Waals surface area (Å²) in [5.74, 6) is -0.275. The van der Waals surface area contributed by atoms with Crippen molar-refractivity contribution in [3.05, 3.63) is 64.0 Å². The van der Waals surface area contributed by atoms with Crippen molar-refractivity contribution in [2.75, 3.05) is 5.75 Å². The van der Waals surface area contributed by atoms with Crippen LogP contribution in [0.1, 0.15) is 11.1 Å². The second kappa shape index (κ2) is 8.06. The Morgan fingerprint density at radius 2 is 2.17 bits per heavy atom. The molecule has 29 heavy (non-hydrogen) atoms. The summed E-state index contributed by atoms with van der Waals surface area (Å²) in [5, 5.41) is 14.7. The molecule has 0 saturated heterocycles. The van der Waals surface area contributed by atoms with E-state index in [2.05, 4.69) is 15.5 Å². The summed E-state index contributed by atoms with van der Waals surface area (Å²) in [6, 6.07) is 12.3. The fourth-order valence-electron chi connectivity index (χ4n) is 2.76. The second-order valence-corrected chi connectivity index (χ2v) is 8.41. The fraction of sp³-hybridized carbons (Fsp3) is 0.100. The van der Waals surface area contributed by atoms with Crippen LogP contribution in [0.2, 0.25) is 0 Å². The van der Waals surface area contributed by atoms with Crippen molar-refractivity contribution in [2.45, 2.75) is 11.3 Å². The van der Waals surface area contributed by atoms with Crippen LogP contribution in [0, 0.1) is 6.92 Å². The number of hydrazone groups is 1. The number of nitrogens with zero attached hydrogens (tertiary/aromatic N) is 2. The summed E-state index contributed by atoms with van der Waals surface area (Å²) in [6.45, 7) is 1.78. The molecule has 0 fully saturated rings. The van der Waals surface area contributed by atoms with Crippen LogP contribution in [0.25, 0.3) is 21.2 Å². The first-order valence-corrected chi connectivity index (χ1v) is 10.4. The van der Waals surface area contributed by atoms with Gasteiger partial charge in [-0.3, -0.25) is 4.79 Å². The van der Waals surface area contributed by atoms with E-state index in [1.165, 1.54) is 41.4 Å². The molecule has 0 spiro atoms. The number of amides is 1. The molecule has 0 aliphatic heterocycles. The van der Waals surface area contributed by atoms with Gasteiger partial charge in [0.15, 0.2) is 9.92 Å². The molecule has 2 N–H and O–H groups in total. The number of benzene rings is 2. The third kappa shape index (κ3) is 4.15. The Morgan fingerprint density at radius 3 is 3.00 bits per heavy atom.